The molecule has 3 aromatic rings. The molecule has 7 nitrogen and oxygen atoms in total. The van der Waals surface area contributed by atoms with E-state index < -0.39 is 28.6 Å². The Balaban J connectivity index is 1.68. The second-order valence-corrected chi connectivity index (χ2v) is 8.72. The molecule has 0 saturated carbocycles. The molecule has 1 unspecified atom stereocenters. The number of non-ortho nitro benzene ring substituents is 1. The molecule has 0 aromatic heterocycles. The van der Waals surface area contributed by atoms with Crippen molar-refractivity contribution in [1.29, 1.82) is 0 Å². The third-order valence-corrected chi connectivity index (χ3v) is 6.03. The molecule has 0 saturated heterocycles. The number of fused-ring (bicyclic) bond motifs is 1. The third kappa shape index (κ3) is 3.94. The number of halogens is 1. The van der Waals surface area contributed by atoms with Crippen molar-refractivity contribution in [2.45, 2.75) is 25.5 Å². The van der Waals surface area contributed by atoms with E-state index in [0.29, 0.717) is 15.7 Å². The maximum atomic E-state index is 13.4. The molecule has 0 spiro atoms. The smallest absolute Gasteiger partial charge is 0.269 e. The Hall–Kier alpha value is -3.36. The van der Waals surface area contributed by atoms with Gasteiger partial charge in [0.2, 0.25) is 0 Å². The second-order valence-electron chi connectivity index (χ2n) is 7.81. The summed E-state index contributed by atoms with van der Waals surface area (Å²) >= 11 is 3.38. The van der Waals surface area contributed by atoms with Gasteiger partial charge in [-0.1, -0.05) is 45.8 Å². The van der Waals surface area contributed by atoms with Crippen LogP contribution in [-0.2, 0) is 16.9 Å². The van der Waals surface area contributed by atoms with Crippen LogP contribution in [0.4, 0.5) is 11.4 Å². The number of anilines is 1. The first kappa shape index (κ1) is 21.9. The number of hydrogen-bond donors (Lipinski definition) is 1. The maximum Gasteiger partial charge on any atom is 0.269 e. The summed E-state index contributed by atoms with van der Waals surface area (Å²) in [5.41, 5.74) is 0.841. The van der Waals surface area contributed by atoms with Gasteiger partial charge in [-0.05, 0) is 42.8 Å². The van der Waals surface area contributed by atoms with Crippen molar-refractivity contribution in [3.05, 3.63) is 104 Å². The molecule has 1 aliphatic heterocycles. The number of amides is 1. The van der Waals surface area contributed by atoms with E-state index in [1.807, 2.05) is 31.2 Å². The zero-order valence-corrected chi connectivity index (χ0v) is 18.7. The minimum atomic E-state index is -2.04. The number of hydrogen-bond acceptors (Lipinski definition) is 5. The largest absolute Gasteiger partial charge is 0.375 e. The maximum absolute atomic E-state index is 13.4. The van der Waals surface area contributed by atoms with Crippen LogP contribution < -0.4 is 4.90 Å². The van der Waals surface area contributed by atoms with Gasteiger partial charge >= 0.3 is 0 Å². The van der Waals surface area contributed by atoms with Gasteiger partial charge in [0.25, 0.3) is 11.6 Å². The molecule has 32 heavy (non-hydrogen) atoms. The number of aryl methyl sites for hydroxylation is 1. The average Bonchev–Trinajstić information content (AvgIpc) is 2.95. The molecule has 8 heteroatoms. The van der Waals surface area contributed by atoms with Gasteiger partial charge in [0.1, 0.15) is 0 Å². The molecule has 1 aliphatic rings. The second kappa shape index (κ2) is 8.29. The molecule has 0 radical (unpaired) electrons. The van der Waals surface area contributed by atoms with E-state index in [9.17, 15) is 24.8 Å². The molecule has 4 rings (SSSR count). The number of Topliss-reactive ketones (excluding diaryl/α,β-unsaturated/α-hetero) is 1. The highest BCUT2D eigenvalue weighted by atomic mass is 79.9. The van der Waals surface area contributed by atoms with E-state index in [1.54, 1.807) is 18.2 Å². The predicted octanol–water partition coefficient (Wildman–Crippen LogP) is 4.67. The fourth-order valence-corrected chi connectivity index (χ4v) is 4.31. The molecule has 0 aliphatic carbocycles. The van der Waals surface area contributed by atoms with Gasteiger partial charge in [0, 0.05) is 27.7 Å². The first-order chi connectivity index (χ1) is 15.2. The summed E-state index contributed by atoms with van der Waals surface area (Å²) in [4.78, 5) is 38.1. The zero-order chi connectivity index (χ0) is 23.0. The molecule has 1 amide bonds. The van der Waals surface area contributed by atoms with E-state index in [1.165, 1.54) is 29.2 Å². The Morgan fingerprint density at radius 1 is 1.12 bits per heavy atom. The van der Waals surface area contributed by atoms with Crippen molar-refractivity contribution >= 4 is 39.0 Å². The standard InChI is InChI=1S/C24H19BrN2O5/c1-15-3-2-4-16(11-15)14-26-21-10-7-18(25)12-20(21)24(30,23(26)29)13-22(28)17-5-8-19(9-6-17)27(31)32/h2-12,30H,13-14H2,1H3. The summed E-state index contributed by atoms with van der Waals surface area (Å²) in [6, 6.07) is 18.0. The Morgan fingerprint density at radius 2 is 1.84 bits per heavy atom. The first-order valence-corrected chi connectivity index (χ1v) is 10.7. The van der Waals surface area contributed by atoms with Crippen molar-refractivity contribution in [3.63, 3.8) is 0 Å². The highest BCUT2D eigenvalue weighted by Crippen LogP contribution is 2.44. The number of carbonyl (C=O) groups excluding carboxylic acids is 2. The van der Waals surface area contributed by atoms with Gasteiger partial charge in [-0.25, -0.2) is 0 Å². The molecular formula is C24H19BrN2O5. The summed E-state index contributed by atoms with van der Waals surface area (Å²) in [5, 5.41) is 22.3. The third-order valence-electron chi connectivity index (χ3n) is 5.53. The molecular weight excluding hydrogens is 476 g/mol. The van der Waals surface area contributed by atoms with Gasteiger partial charge < -0.3 is 10.0 Å². The normalized spacial score (nSPS) is 17.3. The van der Waals surface area contributed by atoms with Crippen LogP contribution in [0.5, 0.6) is 0 Å². The quantitative estimate of drug-likeness (QED) is 0.304. The number of ketones is 1. The molecule has 162 valence electrons. The molecule has 0 fully saturated rings. The van der Waals surface area contributed by atoms with E-state index in [-0.39, 0.29) is 17.8 Å². The van der Waals surface area contributed by atoms with E-state index in [0.717, 1.165) is 11.1 Å². The van der Waals surface area contributed by atoms with Gasteiger partial charge in [-0.15, -0.1) is 0 Å². The lowest BCUT2D eigenvalue weighted by Gasteiger charge is -2.23. The topological polar surface area (TPSA) is 101 Å². The SMILES string of the molecule is Cc1cccc(CN2C(=O)C(O)(CC(=O)c3ccc([N+](=O)[O-])cc3)c3cc(Br)ccc32)c1. The number of nitro benzene ring substituents is 1. The average molecular weight is 495 g/mol. The van der Waals surface area contributed by atoms with Crippen LogP contribution in [0, 0.1) is 17.0 Å². The monoisotopic (exact) mass is 494 g/mol. The Morgan fingerprint density at radius 3 is 2.50 bits per heavy atom. The van der Waals surface area contributed by atoms with Crippen LogP contribution in [0.2, 0.25) is 0 Å². The Labute approximate surface area is 192 Å². The van der Waals surface area contributed by atoms with Crippen LogP contribution in [0.1, 0.15) is 33.5 Å². The summed E-state index contributed by atoms with van der Waals surface area (Å²) in [7, 11) is 0. The number of aliphatic hydroxyl groups is 1. The highest BCUT2D eigenvalue weighted by molar-refractivity contribution is 9.10. The van der Waals surface area contributed by atoms with Crippen molar-refractivity contribution < 1.29 is 19.6 Å². The summed E-state index contributed by atoms with van der Waals surface area (Å²) < 4.78 is 0.669. The molecule has 3 aromatic carbocycles. The minimum Gasteiger partial charge on any atom is -0.375 e. The van der Waals surface area contributed by atoms with Crippen LogP contribution in [-0.4, -0.2) is 21.7 Å². The van der Waals surface area contributed by atoms with E-state index in [4.69, 9.17) is 0 Å². The zero-order valence-electron chi connectivity index (χ0n) is 17.1. The highest BCUT2D eigenvalue weighted by Gasteiger charge is 2.51. The van der Waals surface area contributed by atoms with Crippen LogP contribution >= 0.6 is 15.9 Å². The van der Waals surface area contributed by atoms with E-state index >= 15 is 0 Å². The van der Waals surface area contributed by atoms with E-state index in [2.05, 4.69) is 15.9 Å². The van der Waals surface area contributed by atoms with Gasteiger partial charge in [-0.3, -0.25) is 19.7 Å². The molecule has 1 N–H and O–H groups in total. The lowest BCUT2D eigenvalue weighted by molar-refractivity contribution is -0.384. The molecule has 1 heterocycles. The lowest BCUT2D eigenvalue weighted by Crippen LogP contribution is -2.41. The fraction of sp³-hybridized carbons (Fsp3) is 0.167. The first-order valence-electron chi connectivity index (χ1n) is 9.86. The van der Waals surface area contributed by atoms with Gasteiger partial charge in [0.05, 0.1) is 23.6 Å². The van der Waals surface area contributed by atoms with Crippen molar-refractivity contribution in [2.24, 2.45) is 0 Å². The fourth-order valence-electron chi connectivity index (χ4n) is 3.95. The summed E-state index contributed by atoms with van der Waals surface area (Å²) in [5.74, 6) is -1.07. The predicted molar refractivity (Wildman–Crippen MR) is 122 cm³/mol. The Bertz CT molecular complexity index is 1240. The molecule has 0 bridgehead atoms. The Kier molecular flexibility index (Phi) is 5.66. The van der Waals surface area contributed by atoms with Crippen LogP contribution in [0.3, 0.4) is 0 Å². The van der Waals surface area contributed by atoms with Crippen LogP contribution in [0.15, 0.2) is 71.2 Å². The van der Waals surface area contributed by atoms with Crippen molar-refractivity contribution in [3.8, 4) is 0 Å². The number of carbonyl (C=O) groups is 2. The van der Waals surface area contributed by atoms with Crippen molar-refractivity contribution in [2.75, 3.05) is 4.90 Å². The summed E-state index contributed by atoms with van der Waals surface area (Å²) in [6.07, 6.45) is -0.475. The molecule has 1 atom stereocenters. The van der Waals surface area contributed by atoms with Gasteiger partial charge in [0.15, 0.2) is 11.4 Å². The number of nitro groups is 1. The minimum absolute atomic E-state index is 0.143. The number of benzene rings is 3. The lowest BCUT2D eigenvalue weighted by atomic mass is 9.88. The number of nitrogens with zero attached hydrogens (tertiary/aromatic N) is 2. The van der Waals surface area contributed by atoms with Crippen LogP contribution in [0.25, 0.3) is 0 Å². The van der Waals surface area contributed by atoms with Gasteiger partial charge in [-0.2, -0.15) is 0 Å². The summed E-state index contributed by atoms with van der Waals surface area (Å²) in [6.45, 7) is 2.21. The number of rotatable bonds is 6. The van der Waals surface area contributed by atoms with Crippen molar-refractivity contribution in [1.82, 2.24) is 0 Å².